The Balaban J connectivity index is 1.63. The second kappa shape index (κ2) is 7.15. The second-order valence-electron chi connectivity index (χ2n) is 7.08. The first kappa shape index (κ1) is 18.5. The molecule has 2 aromatic rings. The fourth-order valence-corrected chi connectivity index (χ4v) is 3.53. The van der Waals surface area contributed by atoms with Gasteiger partial charge >= 0.3 is 0 Å². The number of nitrogens with zero attached hydrogens (tertiary/aromatic N) is 2. The fraction of sp³-hybridized carbons (Fsp3) is 0.474. The molecule has 3 N–H and O–H groups in total. The summed E-state index contributed by atoms with van der Waals surface area (Å²) in [7, 11) is 1.93. The van der Waals surface area contributed by atoms with Crippen LogP contribution < -0.4 is 11.1 Å². The number of carbonyl (C=O) groups excluding carboxylic acids is 1. The van der Waals surface area contributed by atoms with Crippen LogP contribution in [0.15, 0.2) is 30.6 Å². The van der Waals surface area contributed by atoms with Crippen LogP contribution in [0.3, 0.4) is 0 Å². The van der Waals surface area contributed by atoms with Crippen LogP contribution in [-0.2, 0) is 11.8 Å². The highest BCUT2D eigenvalue weighted by Crippen LogP contribution is 2.37. The summed E-state index contributed by atoms with van der Waals surface area (Å²) in [6.07, 6.45) is 1.92. The minimum absolute atomic E-state index is 0.197. The monoisotopic (exact) mass is 362 g/mol. The van der Waals surface area contributed by atoms with E-state index in [1.54, 1.807) is 18.5 Å². The number of imidazole rings is 1. The van der Waals surface area contributed by atoms with Gasteiger partial charge in [0.15, 0.2) is 0 Å². The molecule has 140 valence electrons. The summed E-state index contributed by atoms with van der Waals surface area (Å²) in [5, 5.41) is 2.79. The van der Waals surface area contributed by atoms with Gasteiger partial charge in [-0.3, -0.25) is 4.79 Å². The van der Waals surface area contributed by atoms with Gasteiger partial charge in [-0.1, -0.05) is 12.1 Å². The van der Waals surface area contributed by atoms with E-state index in [-0.39, 0.29) is 37.5 Å². The number of nitrogens with two attached hydrogens (primary N) is 1. The van der Waals surface area contributed by atoms with Crippen molar-refractivity contribution >= 4 is 11.6 Å². The first-order valence-electron chi connectivity index (χ1n) is 8.79. The lowest BCUT2D eigenvalue weighted by molar-refractivity contribution is -0.120. The lowest BCUT2D eigenvalue weighted by atomic mass is 9.82. The van der Waals surface area contributed by atoms with Crippen molar-refractivity contribution in [3.63, 3.8) is 0 Å². The first-order chi connectivity index (χ1) is 12.3. The van der Waals surface area contributed by atoms with Gasteiger partial charge in [0, 0.05) is 31.1 Å². The van der Waals surface area contributed by atoms with Gasteiger partial charge in [0.2, 0.25) is 11.8 Å². The Labute approximate surface area is 151 Å². The molecular weight excluding hydrogens is 338 g/mol. The van der Waals surface area contributed by atoms with Crippen LogP contribution in [0, 0.1) is 12.8 Å². The molecular formula is C19H24F2N4O. The third kappa shape index (κ3) is 3.93. The van der Waals surface area contributed by atoms with E-state index in [1.165, 1.54) is 0 Å². The summed E-state index contributed by atoms with van der Waals surface area (Å²) >= 11 is 0. The number of hydrogen-bond donors (Lipinski definition) is 2. The van der Waals surface area contributed by atoms with Crippen LogP contribution >= 0.6 is 0 Å². The van der Waals surface area contributed by atoms with Crippen molar-refractivity contribution in [1.29, 1.82) is 0 Å². The van der Waals surface area contributed by atoms with E-state index in [0.717, 1.165) is 17.0 Å². The van der Waals surface area contributed by atoms with Crippen molar-refractivity contribution in [2.24, 2.45) is 18.7 Å². The molecule has 0 aliphatic heterocycles. The number of hydrogen-bond acceptors (Lipinski definition) is 3. The zero-order valence-electron chi connectivity index (χ0n) is 15.0. The third-order valence-electron chi connectivity index (χ3n) is 5.12. The molecule has 5 nitrogen and oxygen atoms in total. The van der Waals surface area contributed by atoms with Crippen LogP contribution in [-0.4, -0.2) is 27.4 Å². The van der Waals surface area contributed by atoms with Gasteiger partial charge in [0.1, 0.15) is 0 Å². The summed E-state index contributed by atoms with van der Waals surface area (Å²) in [6, 6.07) is 6.66. The van der Waals surface area contributed by atoms with E-state index in [0.29, 0.717) is 5.69 Å². The van der Waals surface area contributed by atoms with Crippen molar-refractivity contribution in [2.75, 3.05) is 5.32 Å². The predicted molar refractivity (Wildman–Crippen MR) is 96.9 cm³/mol. The quantitative estimate of drug-likeness (QED) is 0.874. The number of rotatable bonds is 4. The number of carbonyl (C=O) groups is 1. The zero-order chi connectivity index (χ0) is 18.9. The molecule has 7 heteroatoms. The largest absolute Gasteiger partial charge is 0.334 e. The first-order valence-corrected chi connectivity index (χ1v) is 8.79. The lowest BCUT2D eigenvalue weighted by Gasteiger charge is -2.31. The highest BCUT2D eigenvalue weighted by atomic mass is 19.3. The maximum atomic E-state index is 13.3. The minimum atomic E-state index is -2.62. The standard InChI is InChI=1S/C19H24F2N4O/c1-12-17(25(2)11-23-12)14-3-5-15(6-4-14)24-18(26)16(22)13-7-9-19(20,21)10-8-13/h3-6,11,13,16H,7-10,22H2,1-2H3,(H,24,26). The smallest absolute Gasteiger partial charge is 0.248 e. The highest BCUT2D eigenvalue weighted by Gasteiger charge is 2.38. The van der Waals surface area contributed by atoms with Crippen molar-refractivity contribution in [2.45, 2.75) is 44.6 Å². The SMILES string of the molecule is Cc1ncn(C)c1-c1ccc(NC(=O)C(N)C2CCC(F)(F)CC2)cc1. The molecule has 1 atom stereocenters. The molecule has 1 aliphatic rings. The van der Waals surface area contributed by atoms with Crippen LogP contribution in [0.25, 0.3) is 11.3 Å². The Morgan fingerprint density at radius 3 is 2.46 bits per heavy atom. The Morgan fingerprint density at radius 1 is 1.31 bits per heavy atom. The molecule has 1 fully saturated rings. The highest BCUT2D eigenvalue weighted by molar-refractivity contribution is 5.95. The molecule has 0 saturated heterocycles. The Kier molecular flexibility index (Phi) is 5.09. The topological polar surface area (TPSA) is 72.9 Å². The zero-order valence-corrected chi connectivity index (χ0v) is 15.0. The Bertz CT molecular complexity index is 756. The second-order valence-corrected chi connectivity index (χ2v) is 7.08. The van der Waals surface area contributed by atoms with Crippen molar-refractivity contribution in [3.8, 4) is 11.3 Å². The maximum absolute atomic E-state index is 13.3. The van der Waals surface area contributed by atoms with E-state index >= 15 is 0 Å². The third-order valence-corrected chi connectivity index (χ3v) is 5.12. The molecule has 0 spiro atoms. The summed E-state index contributed by atoms with van der Waals surface area (Å²) in [4.78, 5) is 16.6. The number of halogens is 2. The number of amides is 1. The summed E-state index contributed by atoms with van der Waals surface area (Å²) in [5.74, 6) is -3.15. The van der Waals surface area contributed by atoms with E-state index < -0.39 is 12.0 Å². The van der Waals surface area contributed by atoms with Gasteiger partial charge in [0.05, 0.1) is 23.8 Å². The minimum Gasteiger partial charge on any atom is -0.334 e. The maximum Gasteiger partial charge on any atom is 0.248 e. The number of nitrogens with one attached hydrogen (secondary N) is 1. The number of anilines is 1. The lowest BCUT2D eigenvalue weighted by Crippen LogP contribution is -2.44. The average Bonchev–Trinajstić information content (AvgIpc) is 2.94. The van der Waals surface area contributed by atoms with Crippen molar-refractivity contribution in [1.82, 2.24) is 9.55 Å². The van der Waals surface area contributed by atoms with Gasteiger partial charge < -0.3 is 15.6 Å². The number of benzene rings is 1. The molecule has 1 aromatic heterocycles. The van der Waals surface area contributed by atoms with Crippen LogP contribution in [0.1, 0.15) is 31.4 Å². The molecule has 1 saturated carbocycles. The Hall–Kier alpha value is -2.28. The van der Waals surface area contributed by atoms with Crippen molar-refractivity contribution in [3.05, 3.63) is 36.3 Å². The van der Waals surface area contributed by atoms with Crippen LogP contribution in [0.2, 0.25) is 0 Å². The molecule has 1 unspecified atom stereocenters. The molecule has 1 heterocycles. The van der Waals surface area contributed by atoms with E-state index in [2.05, 4.69) is 10.3 Å². The van der Waals surface area contributed by atoms with Crippen molar-refractivity contribution < 1.29 is 13.6 Å². The summed E-state index contributed by atoms with van der Waals surface area (Å²) in [5.41, 5.74) is 9.59. The van der Waals surface area contributed by atoms with Gasteiger partial charge in [-0.15, -0.1) is 0 Å². The Morgan fingerprint density at radius 2 is 1.92 bits per heavy atom. The van der Waals surface area contributed by atoms with Gasteiger partial charge in [-0.05, 0) is 37.8 Å². The van der Waals surface area contributed by atoms with Crippen LogP contribution in [0.5, 0.6) is 0 Å². The molecule has 1 aliphatic carbocycles. The normalized spacial score (nSPS) is 18.5. The number of alkyl halides is 2. The molecule has 26 heavy (non-hydrogen) atoms. The van der Waals surface area contributed by atoms with Crippen LogP contribution in [0.4, 0.5) is 14.5 Å². The summed E-state index contributed by atoms with van der Waals surface area (Å²) in [6.45, 7) is 1.94. The van der Waals surface area contributed by atoms with Gasteiger partial charge in [-0.2, -0.15) is 0 Å². The molecule has 1 aromatic carbocycles. The fourth-order valence-electron chi connectivity index (χ4n) is 3.53. The predicted octanol–water partition coefficient (Wildman–Crippen LogP) is 3.49. The van der Waals surface area contributed by atoms with Gasteiger partial charge in [0.25, 0.3) is 0 Å². The molecule has 3 rings (SSSR count). The molecule has 0 radical (unpaired) electrons. The molecule has 0 bridgehead atoms. The van der Waals surface area contributed by atoms with E-state index in [9.17, 15) is 13.6 Å². The summed E-state index contributed by atoms with van der Waals surface area (Å²) < 4.78 is 28.4. The van der Waals surface area contributed by atoms with Gasteiger partial charge in [-0.25, -0.2) is 13.8 Å². The number of aromatic nitrogens is 2. The van der Waals surface area contributed by atoms with E-state index in [1.807, 2.05) is 30.7 Å². The molecule has 1 amide bonds. The average molecular weight is 362 g/mol. The van der Waals surface area contributed by atoms with E-state index in [4.69, 9.17) is 5.73 Å². The number of aryl methyl sites for hydroxylation is 2.